The zero-order chi connectivity index (χ0) is 12.6. The Morgan fingerprint density at radius 1 is 1.12 bits per heavy atom. The minimum Gasteiger partial charge on any atom is -0.395 e. The largest absolute Gasteiger partial charge is 0.395 e. The fraction of sp³-hybridized carbons (Fsp3) is 1.00. The Labute approximate surface area is 99.0 Å². The maximum Gasteiger partial charge on any atom is 0.0897 e. The first-order chi connectivity index (χ1) is 7.47. The molecule has 4 heteroatoms. The van der Waals surface area contributed by atoms with E-state index in [4.69, 9.17) is 9.84 Å². The van der Waals surface area contributed by atoms with Crippen LogP contribution < -0.4 is 5.32 Å². The Morgan fingerprint density at radius 3 is 2.19 bits per heavy atom. The van der Waals surface area contributed by atoms with Gasteiger partial charge in [0.2, 0.25) is 0 Å². The molecule has 0 amide bonds. The van der Waals surface area contributed by atoms with E-state index in [-0.39, 0.29) is 12.6 Å². The number of ether oxygens (including phenoxy) is 1. The van der Waals surface area contributed by atoms with Crippen molar-refractivity contribution in [1.82, 2.24) is 5.32 Å². The first-order valence-corrected chi connectivity index (χ1v) is 6.07. The molecule has 4 nitrogen and oxygen atoms in total. The average molecular weight is 233 g/mol. The summed E-state index contributed by atoms with van der Waals surface area (Å²) in [7, 11) is 0. The molecule has 0 aliphatic carbocycles. The van der Waals surface area contributed by atoms with Crippen molar-refractivity contribution in [2.75, 3.05) is 26.4 Å². The molecule has 0 bridgehead atoms. The van der Waals surface area contributed by atoms with Crippen molar-refractivity contribution in [1.29, 1.82) is 0 Å². The van der Waals surface area contributed by atoms with E-state index in [0.29, 0.717) is 31.6 Å². The van der Waals surface area contributed by atoms with Crippen molar-refractivity contribution in [3.05, 3.63) is 0 Å². The van der Waals surface area contributed by atoms with Crippen LogP contribution in [0.1, 0.15) is 27.7 Å². The van der Waals surface area contributed by atoms with Crippen LogP contribution in [-0.4, -0.2) is 48.7 Å². The summed E-state index contributed by atoms with van der Waals surface area (Å²) in [4.78, 5) is 0. The molecular weight excluding hydrogens is 206 g/mol. The Balaban J connectivity index is 3.59. The van der Waals surface area contributed by atoms with E-state index in [1.807, 2.05) is 13.8 Å². The molecule has 0 spiro atoms. The normalized spacial score (nSPS) is 15.8. The van der Waals surface area contributed by atoms with Gasteiger partial charge >= 0.3 is 0 Å². The summed E-state index contributed by atoms with van der Waals surface area (Å²) >= 11 is 0. The molecule has 3 N–H and O–H groups in total. The maximum absolute atomic E-state index is 9.62. The third-order valence-electron chi connectivity index (χ3n) is 2.38. The van der Waals surface area contributed by atoms with Crippen molar-refractivity contribution in [3.8, 4) is 0 Å². The number of aliphatic hydroxyl groups excluding tert-OH is 2. The number of aliphatic hydroxyl groups is 2. The van der Waals surface area contributed by atoms with E-state index in [1.165, 1.54) is 0 Å². The SMILES string of the molecule is CC(C)COCC(O)CNC(CO)C(C)C. The van der Waals surface area contributed by atoms with Crippen molar-refractivity contribution in [2.24, 2.45) is 11.8 Å². The second-order valence-corrected chi connectivity index (χ2v) is 5.03. The van der Waals surface area contributed by atoms with Gasteiger partial charge in [0.1, 0.15) is 0 Å². The lowest BCUT2D eigenvalue weighted by Crippen LogP contribution is -2.42. The van der Waals surface area contributed by atoms with E-state index in [1.54, 1.807) is 0 Å². The zero-order valence-corrected chi connectivity index (χ0v) is 10.9. The molecule has 0 saturated heterocycles. The standard InChI is InChI=1S/C12H27NO3/c1-9(2)7-16-8-11(15)5-13-12(6-14)10(3)4/h9-15H,5-8H2,1-4H3. The number of hydrogen-bond acceptors (Lipinski definition) is 4. The summed E-state index contributed by atoms with van der Waals surface area (Å²) in [6, 6.07) is 0.0414. The van der Waals surface area contributed by atoms with Gasteiger partial charge in [-0.25, -0.2) is 0 Å². The van der Waals surface area contributed by atoms with Gasteiger partial charge in [-0.2, -0.15) is 0 Å². The van der Waals surface area contributed by atoms with E-state index >= 15 is 0 Å². The number of hydrogen-bond donors (Lipinski definition) is 3. The number of rotatable bonds is 9. The maximum atomic E-state index is 9.62. The third kappa shape index (κ3) is 8.05. The lowest BCUT2D eigenvalue weighted by atomic mass is 10.1. The molecule has 2 atom stereocenters. The minimum absolute atomic E-state index is 0.0414. The van der Waals surface area contributed by atoms with E-state index in [9.17, 15) is 5.11 Å². The van der Waals surface area contributed by atoms with Crippen LogP contribution in [0.5, 0.6) is 0 Å². The molecule has 0 aliphatic rings. The molecule has 0 fully saturated rings. The molecule has 98 valence electrons. The first-order valence-electron chi connectivity index (χ1n) is 6.07. The molecule has 0 radical (unpaired) electrons. The minimum atomic E-state index is -0.508. The second kappa shape index (κ2) is 8.93. The van der Waals surface area contributed by atoms with Gasteiger partial charge in [0.15, 0.2) is 0 Å². The molecule has 0 saturated carbocycles. The van der Waals surface area contributed by atoms with E-state index in [2.05, 4.69) is 19.2 Å². The lowest BCUT2D eigenvalue weighted by molar-refractivity contribution is 0.0230. The van der Waals surface area contributed by atoms with Crippen molar-refractivity contribution < 1.29 is 14.9 Å². The topological polar surface area (TPSA) is 61.7 Å². The highest BCUT2D eigenvalue weighted by molar-refractivity contribution is 4.71. The fourth-order valence-electron chi connectivity index (χ4n) is 1.30. The molecule has 16 heavy (non-hydrogen) atoms. The molecule has 0 aromatic carbocycles. The summed E-state index contributed by atoms with van der Waals surface area (Å²) in [5.74, 6) is 0.842. The monoisotopic (exact) mass is 233 g/mol. The van der Waals surface area contributed by atoms with Crippen LogP contribution in [0, 0.1) is 11.8 Å². The van der Waals surface area contributed by atoms with Crippen LogP contribution in [0.3, 0.4) is 0 Å². The highest BCUT2D eigenvalue weighted by Crippen LogP contribution is 2.00. The molecule has 0 aliphatic heterocycles. The second-order valence-electron chi connectivity index (χ2n) is 5.03. The Hall–Kier alpha value is -0.160. The van der Waals surface area contributed by atoms with Gasteiger partial charge in [-0.1, -0.05) is 27.7 Å². The van der Waals surface area contributed by atoms with Crippen molar-refractivity contribution in [2.45, 2.75) is 39.8 Å². The van der Waals surface area contributed by atoms with Crippen LogP contribution in [0.15, 0.2) is 0 Å². The van der Waals surface area contributed by atoms with Crippen molar-refractivity contribution >= 4 is 0 Å². The van der Waals surface area contributed by atoms with Gasteiger partial charge in [0, 0.05) is 19.2 Å². The molecule has 0 aromatic heterocycles. The molecule has 0 rings (SSSR count). The zero-order valence-electron chi connectivity index (χ0n) is 10.9. The smallest absolute Gasteiger partial charge is 0.0897 e. The average Bonchev–Trinajstić information content (AvgIpc) is 2.17. The van der Waals surface area contributed by atoms with Gasteiger partial charge in [0.05, 0.1) is 19.3 Å². The fourth-order valence-corrected chi connectivity index (χ4v) is 1.30. The predicted molar refractivity (Wildman–Crippen MR) is 65.4 cm³/mol. The van der Waals surface area contributed by atoms with Crippen molar-refractivity contribution in [3.63, 3.8) is 0 Å². The third-order valence-corrected chi connectivity index (χ3v) is 2.38. The van der Waals surface area contributed by atoms with Crippen LogP contribution in [0.25, 0.3) is 0 Å². The first kappa shape index (κ1) is 15.8. The van der Waals surface area contributed by atoms with Crippen LogP contribution >= 0.6 is 0 Å². The molecular formula is C12H27NO3. The van der Waals surface area contributed by atoms with Gasteiger partial charge in [-0.05, 0) is 11.8 Å². The van der Waals surface area contributed by atoms with Crippen LogP contribution in [-0.2, 0) is 4.74 Å². The molecule has 0 aromatic rings. The van der Waals surface area contributed by atoms with Gasteiger partial charge in [0.25, 0.3) is 0 Å². The van der Waals surface area contributed by atoms with E-state index < -0.39 is 6.10 Å². The van der Waals surface area contributed by atoms with Gasteiger partial charge in [-0.15, -0.1) is 0 Å². The highest BCUT2D eigenvalue weighted by Gasteiger charge is 2.13. The lowest BCUT2D eigenvalue weighted by Gasteiger charge is -2.22. The Kier molecular flexibility index (Phi) is 8.84. The summed E-state index contributed by atoms with van der Waals surface area (Å²) < 4.78 is 5.33. The van der Waals surface area contributed by atoms with Crippen LogP contribution in [0.2, 0.25) is 0 Å². The number of nitrogens with one attached hydrogen (secondary N) is 1. The predicted octanol–water partition coefficient (Wildman–Crippen LogP) is 0.626. The summed E-state index contributed by atoms with van der Waals surface area (Å²) in [5.41, 5.74) is 0. The highest BCUT2D eigenvalue weighted by atomic mass is 16.5. The quantitative estimate of drug-likeness (QED) is 0.546. The summed E-state index contributed by atoms with van der Waals surface area (Å²) in [5, 5.41) is 21.8. The Bertz CT molecular complexity index is 162. The molecule has 2 unspecified atom stereocenters. The Morgan fingerprint density at radius 2 is 1.75 bits per heavy atom. The van der Waals surface area contributed by atoms with Gasteiger partial charge < -0.3 is 20.3 Å². The summed E-state index contributed by atoms with van der Waals surface area (Å²) in [6.45, 7) is 9.80. The van der Waals surface area contributed by atoms with Gasteiger partial charge in [-0.3, -0.25) is 0 Å². The summed E-state index contributed by atoms with van der Waals surface area (Å²) in [6.07, 6.45) is -0.508. The van der Waals surface area contributed by atoms with Crippen LogP contribution in [0.4, 0.5) is 0 Å². The molecule has 0 heterocycles. The van der Waals surface area contributed by atoms with E-state index in [0.717, 1.165) is 0 Å².